The average Bonchev–Trinajstić information content (AvgIpc) is 3.01. The summed E-state index contributed by atoms with van der Waals surface area (Å²) in [5, 5.41) is 2.51. The molecule has 2 aliphatic rings. The normalized spacial score (nSPS) is 21.7. The van der Waals surface area contributed by atoms with E-state index in [1.165, 1.54) is 12.8 Å². The molecule has 84 valence electrons. The predicted octanol–water partition coefficient (Wildman–Crippen LogP) is -0.629. The van der Waals surface area contributed by atoms with E-state index in [-0.39, 0.29) is 24.9 Å². The third-order valence-electron chi connectivity index (χ3n) is 2.68. The predicted molar refractivity (Wildman–Crippen MR) is 53.1 cm³/mol. The molecule has 0 aromatic heterocycles. The van der Waals surface area contributed by atoms with Crippen molar-refractivity contribution in [1.82, 2.24) is 10.2 Å². The Labute approximate surface area is 88.8 Å². The summed E-state index contributed by atoms with van der Waals surface area (Å²) in [7, 11) is 0. The number of rotatable bonds is 5. The first-order chi connectivity index (χ1) is 7.25. The molecule has 2 rings (SSSR count). The molecule has 0 atom stereocenters. The second kappa shape index (κ2) is 4.61. The molecule has 1 aliphatic carbocycles. The van der Waals surface area contributed by atoms with E-state index in [4.69, 9.17) is 4.74 Å². The summed E-state index contributed by atoms with van der Waals surface area (Å²) in [6.07, 6.45) is 2.54. The van der Waals surface area contributed by atoms with E-state index in [2.05, 4.69) is 5.32 Å². The van der Waals surface area contributed by atoms with Crippen LogP contribution >= 0.6 is 0 Å². The van der Waals surface area contributed by atoms with Crippen LogP contribution in [0.2, 0.25) is 0 Å². The lowest BCUT2D eigenvalue weighted by molar-refractivity contribution is -0.141. The molecular weight excluding hydrogens is 196 g/mol. The third kappa shape index (κ3) is 3.20. The molecule has 1 N–H and O–H groups in total. The molecule has 1 aliphatic heterocycles. The van der Waals surface area contributed by atoms with Crippen molar-refractivity contribution >= 4 is 11.8 Å². The standard InChI is InChI=1S/C10H16N2O3/c13-9-6-12(10(14)5-11-9)3-4-15-7-8-1-2-8/h8H,1-7H2,(H,11,13). The highest BCUT2D eigenvalue weighted by Gasteiger charge is 2.23. The van der Waals surface area contributed by atoms with Crippen LogP contribution in [0, 0.1) is 5.92 Å². The van der Waals surface area contributed by atoms with Crippen molar-refractivity contribution in [2.75, 3.05) is 32.8 Å². The summed E-state index contributed by atoms with van der Waals surface area (Å²) >= 11 is 0. The summed E-state index contributed by atoms with van der Waals surface area (Å²) in [6, 6.07) is 0. The summed E-state index contributed by atoms with van der Waals surface area (Å²) in [5.74, 6) is 0.631. The number of hydrogen-bond donors (Lipinski definition) is 1. The monoisotopic (exact) mass is 212 g/mol. The molecule has 5 nitrogen and oxygen atoms in total. The van der Waals surface area contributed by atoms with E-state index in [1.54, 1.807) is 4.90 Å². The van der Waals surface area contributed by atoms with Crippen LogP contribution in [0.5, 0.6) is 0 Å². The Kier molecular flexibility index (Phi) is 3.20. The molecule has 0 unspecified atom stereocenters. The number of piperazine rings is 1. The Morgan fingerprint density at radius 1 is 1.40 bits per heavy atom. The number of hydrogen-bond acceptors (Lipinski definition) is 3. The fraction of sp³-hybridized carbons (Fsp3) is 0.800. The van der Waals surface area contributed by atoms with Crippen LogP contribution < -0.4 is 5.32 Å². The lowest BCUT2D eigenvalue weighted by Gasteiger charge is -2.26. The van der Waals surface area contributed by atoms with E-state index >= 15 is 0 Å². The first-order valence-corrected chi connectivity index (χ1v) is 5.38. The van der Waals surface area contributed by atoms with Crippen molar-refractivity contribution < 1.29 is 14.3 Å². The number of carbonyl (C=O) groups is 2. The lowest BCUT2D eigenvalue weighted by atomic mass is 10.3. The average molecular weight is 212 g/mol. The largest absolute Gasteiger partial charge is 0.379 e. The molecule has 1 saturated carbocycles. The van der Waals surface area contributed by atoms with E-state index in [9.17, 15) is 9.59 Å². The van der Waals surface area contributed by atoms with Gasteiger partial charge in [0.05, 0.1) is 19.7 Å². The van der Waals surface area contributed by atoms with Gasteiger partial charge in [0.2, 0.25) is 11.8 Å². The number of amides is 2. The van der Waals surface area contributed by atoms with Crippen molar-refractivity contribution in [2.24, 2.45) is 5.92 Å². The van der Waals surface area contributed by atoms with Gasteiger partial charge in [-0.3, -0.25) is 9.59 Å². The molecule has 0 radical (unpaired) electrons. The van der Waals surface area contributed by atoms with E-state index < -0.39 is 0 Å². The van der Waals surface area contributed by atoms with E-state index in [0.29, 0.717) is 13.2 Å². The maximum atomic E-state index is 11.3. The molecule has 0 aromatic carbocycles. The van der Waals surface area contributed by atoms with Gasteiger partial charge < -0.3 is 15.0 Å². The van der Waals surface area contributed by atoms with E-state index in [1.807, 2.05) is 0 Å². The zero-order valence-corrected chi connectivity index (χ0v) is 8.70. The smallest absolute Gasteiger partial charge is 0.242 e. The van der Waals surface area contributed by atoms with Gasteiger partial charge in [-0.15, -0.1) is 0 Å². The second-order valence-electron chi connectivity index (χ2n) is 4.11. The van der Waals surface area contributed by atoms with Crippen LogP contribution in [0.4, 0.5) is 0 Å². The van der Waals surface area contributed by atoms with Crippen molar-refractivity contribution in [3.05, 3.63) is 0 Å². The highest BCUT2D eigenvalue weighted by atomic mass is 16.5. The quantitative estimate of drug-likeness (QED) is 0.617. The molecule has 0 aromatic rings. The Balaban J connectivity index is 1.63. The number of ether oxygens (including phenoxy) is 1. The first-order valence-electron chi connectivity index (χ1n) is 5.38. The Hall–Kier alpha value is -1.10. The van der Waals surface area contributed by atoms with Crippen LogP contribution in [0.3, 0.4) is 0 Å². The van der Waals surface area contributed by atoms with Crippen molar-refractivity contribution in [1.29, 1.82) is 0 Å². The summed E-state index contributed by atoms with van der Waals surface area (Å²) in [4.78, 5) is 23.9. The molecule has 0 bridgehead atoms. The summed E-state index contributed by atoms with van der Waals surface area (Å²) < 4.78 is 5.42. The minimum Gasteiger partial charge on any atom is -0.379 e. The molecule has 2 fully saturated rings. The van der Waals surface area contributed by atoms with Gasteiger partial charge >= 0.3 is 0 Å². The SMILES string of the molecule is O=C1CN(CCOCC2CC2)C(=O)CN1. The van der Waals surface area contributed by atoms with Crippen molar-refractivity contribution in [3.63, 3.8) is 0 Å². The van der Waals surface area contributed by atoms with Gasteiger partial charge in [-0.05, 0) is 18.8 Å². The summed E-state index contributed by atoms with van der Waals surface area (Å²) in [5.41, 5.74) is 0. The summed E-state index contributed by atoms with van der Waals surface area (Å²) in [6.45, 7) is 2.16. The van der Waals surface area contributed by atoms with Crippen LogP contribution in [0.1, 0.15) is 12.8 Å². The van der Waals surface area contributed by atoms with Crippen molar-refractivity contribution in [2.45, 2.75) is 12.8 Å². The fourth-order valence-electron chi connectivity index (χ4n) is 1.52. The minimum absolute atomic E-state index is 0.0235. The molecule has 2 amide bonds. The van der Waals surface area contributed by atoms with Gasteiger partial charge in [-0.2, -0.15) is 0 Å². The molecule has 0 spiro atoms. The van der Waals surface area contributed by atoms with Gasteiger partial charge in [0.1, 0.15) is 0 Å². The minimum atomic E-state index is -0.0863. The topological polar surface area (TPSA) is 58.6 Å². The fourth-order valence-corrected chi connectivity index (χ4v) is 1.52. The Morgan fingerprint density at radius 2 is 2.20 bits per heavy atom. The van der Waals surface area contributed by atoms with Crippen molar-refractivity contribution in [3.8, 4) is 0 Å². The van der Waals surface area contributed by atoms with Crippen LogP contribution in [0.15, 0.2) is 0 Å². The van der Waals surface area contributed by atoms with Crippen LogP contribution in [-0.2, 0) is 14.3 Å². The highest BCUT2D eigenvalue weighted by molar-refractivity contribution is 5.92. The molecule has 5 heteroatoms. The maximum absolute atomic E-state index is 11.3. The number of carbonyl (C=O) groups excluding carboxylic acids is 2. The Morgan fingerprint density at radius 3 is 2.93 bits per heavy atom. The second-order valence-corrected chi connectivity index (χ2v) is 4.11. The van der Waals surface area contributed by atoms with Crippen LogP contribution in [-0.4, -0.2) is 49.6 Å². The van der Waals surface area contributed by atoms with E-state index in [0.717, 1.165) is 12.5 Å². The van der Waals surface area contributed by atoms with Gasteiger partial charge in [0.25, 0.3) is 0 Å². The van der Waals surface area contributed by atoms with Gasteiger partial charge in [-0.25, -0.2) is 0 Å². The number of nitrogens with zero attached hydrogens (tertiary/aromatic N) is 1. The lowest BCUT2D eigenvalue weighted by Crippen LogP contribution is -2.52. The van der Waals surface area contributed by atoms with Gasteiger partial charge in [0, 0.05) is 13.2 Å². The highest BCUT2D eigenvalue weighted by Crippen LogP contribution is 2.28. The maximum Gasteiger partial charge on any atom is 0.242 e. The Bertz CT molecular complexity index is 263. The van der Waals surface area contributed by atoms with Gasteiger partial charge in [0.15, 0.2) is 0 Å². The molecule has 1 heterocycles. The zero-order chi connectivity index (χ0) is 10.7. The molecule has 1 saturated heterocycles. The van der Waals surface area contributed by atoms with Crippen LogP contribution in [0.25, 0.3) is 0 Å². The molecule has 15 heavy (non-hydrogen) atoms. The zero-order valence-electron chi connectivity index (χ0n) is 8.70. The number of nitrogens with one attached hydrogen (secondary N) is 1. The molecular formula is C10H16N2O3. The third-order valence-corrected chi connectivity index (χ3v) is 2.68. The van der Waals surface area contributed by atoms with Gasteiger partial charge in [-0.1, -0.05) is 0 Å². The first kappa shape index (κ1) is 10.4.